The third-order valence-corrected chi connectivity index (χ3v) is 2.01. The van der Waals surface area contributed by atoms with Gasteiger partial charge in [-0.3, -0.25) is 0 Å². The molecule has 0 spiro atoms. The van der Waals surface area contributed by atoms with E-state index in [2.05, 4.69) is 0 Å². The topological polar surface area (TPSA) is 40.1 Å². The maximum Gasteiger partial charge on any atom is 1.00 e. The first-order valence-electron chi connectivity index (χ1n) is 3.98. The normalized spacial score (nSPS) is 9.43. The summed E-state index contributed by atoms with van der Waals surface area (Å²) in [6.07, 6.45) is 0. The number of fused-ring (bicyclic) bond motifs is 1. The first kappa shape index (κ1) is 11.8. The Kier molecular flexibility index (Phi) is 4.25. The monoisotopic (exact) mass is 394 g/mol. The fraction of sp³-hybridized carbons (Fsp3) is 0. The molecule has 2 aromatic carbocycles. The number of hydrogen-bond donors (Lipinski definition) is 0. The van der Waals surface area contributed by atoms with Gasteiger partial charge in [-0.05, 0) is 10.8 Å². The van der Waals surface area contributed by atoms with Crippen molar-refractivity contribution in [3.63, 3.8) is 0 Å². The number of rotatable bonds is 1. The van der Waals surface area contributed by atoms with E-state index in [9.17, 15) is 9.90 Å². The first-order valence-corrected chi connectivity index (χ1v) is 3.98. The molecule has 64 valence electrons. The number of carbonyl (C=O) groups excluding carboxylic acids is 1. The van der Waals surface area contributed by atoms with Crippen LogP contribution in [-0.4, -0.2) is 5.97 Å². The Balaban J connectivity index is 0.000000980. The van der Waals surface area contributed by atoms with Crippen molar-refractivity contribution in [2.24, 2.45) is 0 Å². The van der Waals surface area contributed by atoms with Crippen molar-refractivity contribution in [2.45, 2.75) is 0 Å². The van der Waals surface area contributed by atoms with Crippen LogP contribution in [0.2, 0.25) is 0 Å². The van der Waals surface area contributed by atoms with Crippen molar-refractivity contribution < 1.29 is 59.8 Å². The van der Waals surface area contributed by atoms with Crippen LogP contribution in [0.1, 0.15) is 10.4 Å². The Labute approximate surface area is 123 Å². The number of carboxylic acids is 1. The van der Waals surface area contributed by atoms with E-state index in [4.69, 9.17) is 0 Å². The molecule has 0 amide bonds. The molecule has 0 saturated carbocycles. The van der Waals surface area contributed by atoms with Crippen LogP contribution in [0.3, 0.4) is 0 Å². The summed E-state index contributed by atoms with van der Waals surface area (Å²) in [7, 11) is 0. The number of aromatic carboxylic acids is 1. The van der Waals surface area contributed by atoms with Crippen LogP contribution in [0.4, 0.5) is 0 Å². The van der Waals surface area contributed by atoms with E-state index in [1.807, 2.05) is 24.3 Å². The van der Waals surface area contributed by atoms with E-state index in [0.29, 0.717) is 0 Å². The molecule has 0 aliphatic heterocycles. The molecule has 0 bridgehead atoms. The number of hydrogen-bond acceptors (Lipinski definition) is 2. The Morgan fingerprint density at radius 2 is 1.64 bits per heavy atom. The van der Waals surface area contributed by atoms with Crippen molar-refractivity contribution in [1.29, 1.82) is 0 Å². The second kappa shape index (κ2) is 5.02. The largest absolute Gasteiger partial charge is 1.00 e. The van der Waals surface area contributed by atoms with Gasteiger partial charge in [0, 0.05) is 5.56 Å². The second-order valence-corrected chi connectivity index (χ2v) is 2.81. The molecular weight excluding hydrogens is 387 g/mol. The number of carboxylic acid groups (broad SMARTS) is 1. The van der Waals surface area contributed by atoms with E-state index < -0.39 is 5.97 Å². The maximum absolute atomic E-state index is 10.7. The van der Waals surface area contributed by atoms with Gasteiger partial charge in [0.2, 0.25) is 0 Å². The Morgan fingerprint density at radius 3 is 2.36 bits per heavy atom. The molecule has 2 rings (SSSR count). The van der Waals surface area contributed by atoms with Crippen molar-refractivity contribution in [2.75, 3.05) is 0 Å². The van der Waals surface area contributed by atoms with Crippen LogP contribution in [0.25, 0.3) is 10.8 Å². The van der Waals surface area contributed by atoms with E-state index >= 15 is 0 Å². The molecule has 0 aromatic heterocycles. The summed E-state index contributed by atoms with van der Waals surface area (Å²) in [5, 5.41) is 12.4. The summed E-state index contributed by atoms with van der Waals surface area (Å²) in [5.74, 6) is -1.13. The zero-order valence-corrected chi connectivity index (χ0v) is 16.1. The van der Waals surface area contributed by atoms with Gasteiger partial charge in [-0.25, -0.2) is 0 Å². The zero-order valence-electron chi connectivity index (χ0n) is 7.86. The summed E-state index contributed by atoms with van der Waals surface area (Å²) in [6, 6.07) is 12.5. The third-order valence-electron chi connectivity index (χ3n) is 2.01. The van der Waals surface area contributed by atoms with Crippen molar-refractivity contribution in [1.82, 2.24) is 0 Å². The molecule has 0 N–H and O–H groups in total. The predicted octanol–water partition coefficient (Wildman–Crippen LogP) is 1.20. The summed E-state index contributed by atoms with van der Waals surface area (Å²) in [5.41, 5.74) is 0.248. The average Bonchev–Trinajstić information content (AvgIpc) is 2.17. The van der Waals surface area contributed by atoms with E-state index in [0.717, 1.165) is 10.8 Å². The fourth-order valence-corrected chi connectivity index (χ4v) is 1.40. The van der Waals surface area contributed by atoms with Gasteiger partial charge in [0.1, 0.15) is 0 Å². The van der Waals surface area contributed by atoms with Crippen LogP contribution in [0.15, 0.2) is 42.5 Å². The van der Waals surface area contributed by atoms with Gasteiger partial charge in [0.25, 0.3) is 0 Å². The molecule has 0 fully saturated rings. The third kappa shape index (κ3) is 2.22. The van der Waals surface area contributed by atoms with Crippen LogP contribution in [-0.2, 0) is 0 Å². The van der Waals surface area contributed by atoms with Gasteiger partial charge in [0.15, 0.2) is 0 Å². The Hall–Kier alpha value is -0.233. The number of benzene rings is 2. The summed E-state index contributed by atoms with van der Waals surface area (Å²) in [4.78, 5) is 10.7. The first-order chi connectivity index (χ1) is 6.29. The summed E-state index contributed by atoms with van der Waals surface area (Å²) in [6.45, 7) is 0. The van der Waals surface area contributed by atoms with Gasteiger partial charge in [0.05, 0.1) is 5.97 Å². The molecule has 0 radical (unpaired) electrons. The minimum Gasteiger partial charge on any atom is -0.545 e. The minimum absolute atomic E-state index is 0. The molecule has 0 atom stereocenters. The van der Waals surface area contributed by atoms with Crippen LogP contribution in [0.5, 0.6) is 0 Å². The Bertz CT molecular complexity index is 460. The van der Waals surface area contributed by atoms with E-state index in [1.165, 1.54) is 0 Å². The van der Waals surface area contributed by atoms with Gasteiger partial charge in [-0.2, -0.15) is 0 Å². The van der Waals surface area contributed by atoms with E-state index in [1.54, 1.807) is 18.2 Å². The van der Waals surface area contributed by atoms with Crippen molar-refractivity contribution >= 4 is 16.7 Å². The van der Waals surface area contributed by atoms with Crippen LogP contribution >= 0.6 is 0 Å². The van der Waals surface area contributed by atoms with Gasteiger partial charge in [-0.1, -0.05) is 42.5 Å². The molecule has 0 aliphatic carbocycles. The SMILES string of the molecule is O=C([O-])c1cccc2ccccc12.[Fr+]. The summed E-state index contributed by atoms with van der Waals surface area (Å²) < 4.78 is 0. The molecule has 3 heteroatoms. The molecule has 0 heterocycles. The minimum atomic E-state index is -1.13. The second-order valence-electron chi connectivity index (χ2n) is 2.81. The maximum atomic E-state index is 10.7. The molecule has 0 unspecified atom stereocenters. The van der Waals surface area contributed by atoms with Crippen LogP contribution < -0.4 is 5.11 Å². The smallest absolute Gasteiger partial charge is 0.545 e. The molecule has 0 saturated heterocycles. The molecule has 0 aliphatic rings. The quantitative estimate of drug-likeness (QED) is 0.730. The van der Waals surface area contributed by atoms with E-state index in [-0.39, 0.29) is 55.4 Å². The molecular formula is C11H7FrO2. The zero-order chi connectivity index (χ0) is 9.26. The molecule has 2 nitrogen and oxygen atoms in total. The van der Waals surface area contributed by atoms with Crippen molar-refractivity contribution in [3.05, 3.63) is 48.0 Å². The van der Waals surface area contributed by atoms with Crippen molar-refractivity contribution in [3.8, 4) is 0 Å². The van der Waals surface area contributed by atoms with Gasteiger partial charge >= 0.3 is 49.9 Å². The fourth-order valence-electron chi connectivity index (χ4n) is 1.40. The number of carbonyl (C=O) groups is 1. The summed E-state index contributed by atoms with van der Waals surface area (Å²) >= 11 is 0. The predicted molar refractivity (Wildman–Crippen MR) is 48.3 cm³/mol. The molecule has 2 aromatic rings. The Morgan fingerprint density at radius 1 is 1.00 bits per heavy atom. The average molecular weight is 394 g/mol. The standard InChI is InChI=1S/C11H8O2.Fr/c12-11(13)10-7-3-5-8-4-1-2-6-9(8)10;/h1-7H,(H,12,13);/q;+1/p-1. The van der Waals surface area contributed by atoms with Crippen LogP contribution in [0, 0.1) is 49.9 Å². The van der Waals surface area contributed by atoms with Gasteiger partial charge < -0.3 is 9.90 Å². The molecule has 14 heavy (non-hydrogen) atoms. The van der Waals surface area contributed by atoms with Gasteiger partial charge in [-0.15, -0.1) is 0 Å².